The van der Waals surface area contributed by atoms with E-state index in [4.69, 9.17) is 34.2 Å². The zero-order valence-electron chi connectivity index (χ0n) is 26.8. The van der Waals surface area contributed by atoms with Crippen LogP contribution in [0.5, 0.6) is 0 Å². The largest absolute Gasteiger partial charge is 0.394 e. The Kier molecular flexibility index (Phi) is 10.3. The van der Waals surface area contributed by atoms with Crippen molar-refractivity contribution in [1.82, 2.24) is 19.7 Å². The molecule has 11 atom stereocenters. The van der Waals surface area contributed by atoms with Crippen molar-refractivity contribution in [3.8, 4) is 5.69 Å². The number of aliphatic hydroxyl groups is 6. The maximum Gasteiger partial charge on any atom is 0.207 e. The molecule has 266 valence electrons. The Morgan fingerprint density at radius 3 is 2.12 bits per heavy atom. The Bertz CT molecular complexity index is 1760. The van der Waals surface area contributed by atoms with E-state index in [0.29, 0.717) is 27.9 Å². The smallest absolute Gasteiger partial charge is 0.207 e. The van der Waals surface area contributed by atoms with E-state index in [1.165, 1.54) is 0 Å². The van der Waals surface area contributed by atoms with E-state index in [2.05, 4.69) is 4.89 Å². The van der Waals surface area contributed by atoms with Gasteiger partial charge in [0.1, 0.15) is 42.1 Å². The maximum absolute atomic E-state index is 12.4. The first-order chi connectivity index (χ1) is 23.5. The highest BCUT2D eigenvalue weighted by Gasteiger charge is 2.62. The molecule has 2 aliphatic heterocycles. The van der Waals surface area contributed by atoms with E-state index in [1.54, 1.807) is 11.6 Å². The average molecular weight is 689 g/mol. The van der Waals surface area contributed by atoms with E-state index >= 15 is 0 Å². The molecule has 0 radical (unpaired) electrons. The summed E-state index contributed by atoms with van der Waals surface area (Å²) in [6.07, 6.45) is -15.4. The number of rotatable bonds is 10. The van der Waals surface area contributed by atoms with Crippen molar-refractivity contribution in [2.75, 3.05) is 13.2 Å². The summed E-state index contributed by atoms with van der Waals surface area (Å²) in [6.45, 7) is 4.00. The Morgan fingerprint density at radius 2 is 1.53 bits per heavy atom. The summed E-state index contributed by atoms with van der Waals surface area (Å²) < 4.78 is 18.8. The van der Waals surface area contributed by atoms with Gasteiger partial charge >= 0.3 is 0 Å². The summed E-state index contributed by atoms with van der Waals surface area (Å²) in [5.74, 6) is -3.78. The van der Waals surface area contributed by atoms with Crippen molar-refractivity contribution < 1.29 is 65.1 Å². The number of aromatic nitrogens is 4. The standard InChI is InChI=1S/C32H40N4O13/c1-4-17(22-23-30(36(35-22)16-8-6-5-7-9-16)34-19-11-15(3)14(2)10-18(19)33-23)32(42)29(49-44)28(48-43)27(21(13-38)47-32)46-31-26(41)25(40)24(39)20(12-37)45-31/h5-11,17,20-21,24-29,31,37-44H,4,12-13H2,1-3H3/t17?,20-,21-,24-,25+,26-,27-,28+,29-,31-,32+/m1/s1. The molecule has 0 bridgehead atoms. The molecular formula is C32H40N4O13. The predicted molar refractivity (Wildman–Crippen MR) is 167 cm³/mol. The highest BCUT2D eigenvalue weighted by Crippen LogP contribution is 2.45. The van der Waals surface area contributed by atoms with Gasteiger partial charge in [-0.25, -0.2) is 24.4 Å². The van der Waals surface area contributed by atoms with Crippen molar-refractivity contribution >= 4 is 22.2 Å². The summed E-state index contributed by atoms with van der Waals surface area (Å²) in [6, 6.07) is 12.9. The number of fused-ring (bicyclic) bond motifs is 2. The lowest BCUT2D eigenvalue weighted by molar-refractivity contribution is -0.468. The zero-order chi connectivity index (χ0) is 35.2. The van der Waals surface area contributed by atoms with Gasteiger partial charge in [-0.05, 0) is 55.7 Å². The zero-order valence-corrected chi connectivity index (χ0v) is 26.8. The number of para-hydroxylation sites is 1. The predicted octanol–water partition coefficient (Wildman–Crippen LogP) is 0.0603. The molecule has 1 unspecified atom stereocenters. The lowest BCUT2D eigenvalue weighted by Crippen LogP contribution is -2.70. The normalized spacial score (nSPS) is 32.9. The van der Waals surface area contributed by atoms with E-state index in [0.717, 1.165) is 11.1 Å². The second kappa shape index (κ2) is 14.2. The summed E-state index contributed by atoms with van der Waals surface area (Å²) in [5.41, 5.74) is 4.62. The highest BCUT2D eigenvalue weighted by atomic mass is 17.1. The third kappa shape index (κ3) is 6.10. The molecule has 0 spiro atoms. The molecule has 0 aliphatic carbocycles. The van der Waals surface area contributed by atoms with Gasteiger partial charge in [-0.2, -0.15) is 5.10 Å². The molecule has 2 fully saturated rings. The van der Waals surface area contributed by atoms with E-state index in [1.807, 2.05) is 56.3 Å². The topological polar surface area (TPSA) is 252 Å². The minimum absolute atomic E-state index is 0.0818. The lowest BCUT2D eigenvalue weighted by Gasteiger charge is -2.51. The molecule has 2 aromatic heterocycles. The lowest BCUT2D eigenvalue weighted by atomic mass is 9.81. The Balaban J connectivity index is 1.45. The molecule has 0 saturated carbocycles. The van der Waals surface area contributed by atoms with Crippen molar-refractivity contribution in [2.45, 2.75) is 94.0 Å². The number of hydrogen-bond donors (Lipinski definition) is 8. The SMILES string of the molecule is CCC(c1nn(-c2ccccc2)c2nc3cc(C)c(C)cc3nc12)[C@]1(O)O[C@H](CO)[C@@H](O[C@H]2O[C@H](CO)[C@@H](O)[C@H](O)[C@H]2O)[C@H](OO)[C@H]1OO. The summed E-state index contributed by atoms with van der Waals surface area (Å²) in [5, 5.41) is 88.6. The summed E-state index contributed by atoms with van der Waals surface area (Å²) in [7, 11) is 0. The van der Waals surface area contributed by atoms with Crippen molar-refractivity contribution in [1.29, 1.82) is 0 Å². The number of benzene rings is 2. The summed E-state index contributed by atoms with van der Waals surface area (Å²) >= 11 is 0. The van der Waals surface area contributed by atoms with Gasteiger partial charge in [0.25, 0.3) is 0 Å². The molecule has 2 aliphatic rings. The van der Waals surface area contributed by atoms with Crippen LogP contribution < -0.4 is 0 Å². The Hall–Kier alpha value is -3.27. The molecule has 2 saturated heterocycles. The molecule has 4 aromatic rings. The molecule has 8 N–H and O–H groups in total. The number of hydrogen-bond acceptors (Lipinski definition) is 16. The molecule has 17 nitrogen and oxygen atoms in total. The van der Waals surface area contributed by atoms with Crippen molar-refractivity contribution in [3.63, 3.8) is 0 Å². The van der Waals surface area contributed by atoms with Crippen LogP contribution in [0.25, 0.3) is 27.9 Å². The first kappa shape index (κ1) is 35.6. The molecule has 17 heteroatoms. The second-order valence-corrected chi connectivity index (χ2v) is 12.4. The molecular weight excluding hydrogens is 648 g/mol. The summed E-state index contributed by atoms with van der Waals surface area (Å²) in [4.78, 5) is 19.2. The van der Waals surface area contributed by atoms with Gasteiger partial charge in [-0.3, -0.25) is 10.5 Å². The van der Waals surface area contributed by atoms with Crippen LogP contribution in [-0.4, -0.2) is 135 Å². The molecule has 0 amide bonds. The van der Waals surface area contributed by atoms with E-state index in [9.17, 15) is 41.2 Å². The van der Waals surface area contributed by atoms with Gasteiger partial charge in [-0.1, -0.05) is 25.1 Å². The Labute approximate surface area is 279 Å². The quantitative estimate of drug-likeness (QED) is 0.0810. The highest BCUT2D eigenvalue weighted by molar-refractivity contribution is 5.87. The number of aliphatic hydroxyl groups excluding tert-OH is 5. The van der Waals surface area contributed by atoms with Crippen LogP contribution in [0.1, 0.15) is 36.1 Å². The number of ether oxygens (including phenoxy) is 3. The van der Waals surface area contributed by atoms with E-state index < -0.39 is 80.0 Å². The van der Waals surface area contributed by atoms with Gasteiger partial charge in [0, 0.05) is 0 Å². The number of nitrogens with zero attached hydrogens (tertiary/aromatic N) is 4. The third-order valence-corrected chi connectivity index (χ3v) is 9.44. The minimum atomic E-state index is -2.60. The fraction of sp³-hybridized carbons (Fsp3) is 0.531. The Morgan fingerprint density at radius 1 is 0.878 bits per heavy atom. The van der Waals surface area contributed by atoms with Crippen molar-refractivity contribution in [3.05, 3.63) is 59.3 Å². The monoisotopic (exact) mass is 688 g/mol. The number of aryl methyl sites for hydroxylation is 2. The molecule has 49 heavy (non-hydrogen) atoms. The maximum atomic E-state index is 12.4. The van der Waals surface area contributed by atoms with Crippen LogP contribution in [0.2, 0.25) is 0 Å². The van der Waals surface area contributed by atoms with Crippen LogP contribution >= 0.6 is 0 Å². The molecule has 4 heterocycles. The van der Waals surface area contributed by atoms with Crippen LogP contribution in [0.3, 0.4) is 0 Å². The van der Waals surface area contributed by atoms with Crippen molar-refractivity contribution in [2.24, 2.45) is 0 Å². The first-order valence-corrected chi connectivity index (χ1v) is 15.8. The van der Waals surface area contributed by atoms with Crippen LogP contribution in [0.4, 0.5) is 0 Å². The molecule has 2 aromatic carbocycles. The van der Waals surface area contributed by atoms with Crippen LogP contribution in [0, 0.1) is 13.8 Å². The van der Waals surface area contributed by atoms with Gasteiger partial charge in [0.15, 0.2) is 24.1 Å². The van der Waals surface area contributed by atoms with Crippen LogP contribution in [0.15, 0.2) is 42.5 Å². The van der Waals surface area contributed by atoms with Gasteiger partial charge < -0.3 is 44.8 Å². The fourth-order valence-corrected chi connectivity index (χ4v) is 6.66. The fourth-order valence-electron chi connectivity index (χ4n) is 6.66. The molecule has 6 rings (SSSR count). The van der Waals surface area contributed by atoms with Gasteiger partial charge in [0.2, 0.25) is 5.79 Å². The van der Waals surface area contributed by atoms with Gasteiger partial charge in [0.05, 0.1) is 41.5 Å². The average Bonchev–Trinajstić information content (AvgIpc) is 3.46. The first-order valence-electron chi connectivity index (χ1n) is 15.8. The third-order valence-electron chi connectivity index (χ3n) is 9.44. The minimum Gasteiger partial charge on any atom is -0.394 e. The van der Waals surface area contributed by atoms with E-state index in [-0.39, 0.29) is 12.1 Å². The second-order valence-electron chi connectivity index (χ2n) is 12.4. The van der Waals surface area contributed by atoms with Gasteiger partial charge in [-0.15, -0.1) is 0 Å². The van der Waals surface area contributed by atoms with Crippen LogP contribution in [-0.2, 0) is 24.0 Å².